The lowest BCUT2D eigenvalue weighted by Gasteiger charge is -2.36. The Hall–Kier alpha value is -2.67. The quantitative estimate of drug-likeness (QED) is 0.798. The molecule has 0 spiro atoms. The van der Waals surface area contributed by atoms with Gasteiger partial charge in [-0.3, -0.25) is 9.59 Å². The van der Waals surface area contributed by atoms with Gasteiger partial charge in [0.05, 0.1) is 23.8 Å². The molecule has 1 fully saturated rings. The van der Waals surface area contributed by atoms with E-state index in [-0.39, 0.29) is 17.1 Å². The van der Waals surface area contributed by atoms with E-state index in [4.69, 9.17) is 4.74 Å². The summed E-state index contributed by atoms with van der Waals surface area (Å²) in [6, 6.07) is 15.9. The molecule has 2 aromatic carbocycles. The number of nitrogens with zero attached hydrogens (tertiary/aromatic N) is 2. The summed E-state index contributed by atoms with van der Waals surface area (Å²) >= 11 is 1.46. The lowest BCUT2D eigenvalue weighted by atomic mass is 10.1. The summed E-state index contributed by atoms with van der Waals surface area (Å²) in [7, 11) is 1.68. The van der Waals surface area contributed by atoms with Crippen LogP contribution in [-0.2, 0) is 16.0 Å². The summed E-state index contributed by atoms with van der Waals surface area (Å²) in [5, 5.41) is 2.81. The van der Waals surface area contributed by atoms with Gasteiger partial charge in [0.2, 0.25) is 11.8 Å². The summed E-state index contributed by atoms with van der Waals surface area (Å²) in [5.41, 5.74) is 3.12. The fraction of sp³-hybridized carbons (Fsp3) is 0.391. The van der Waals surface area contributed by atoms with Crippen molar-refractivity contribution in [1.29, 1.82) is 0 Å². The molecule has 2 aromatic rings. The molecule has 0 aromatic heterocycles. The number of amides is 2. The molecule has 6 nitrogen and oxygen atoms in total. The zero-order chi connectivity index (χ0) is 20.9. The molecule has 0 saturated carbocycles. The summed E-state index contributed by atoms with van der Waals surface area (Å²) in [5.74, 6) is 1.30. The third-order valence-corrected chi connectivity index (χ3v) is 6.98. The molecule has 1 saturated heterocycles. The molecular weight excluding hydrogens is 398 g/mol. The zero-order valence-electron chi connectivity index (χ0n) is 17.2. The predicted octanol–water partition coefficient (Wildman–Crippen LogP) is 3.03. The van der Waals surface area contributed by atoms with E-state index in [0.29, 0.717) is 18.8 Å². The second-order valence-electron chi connectivity index (χ2n) is 7.52. The van der Waals surface area contributed by atoms with Gasteiger partial charge in [0, 0.05) is 31.9 Å². The molecule has 1 atom stereocenters. The van der Waals surface area contributed by atoms with E-state index in [9.17, 15) is 9.59 Å². The van der Waals surface area contributed by atoms with Crippen LogP contribution in [0.15, 0.2) is 48.5 Å². The number of aryl methyl sites for hydroxylation is 1. The number of hydrogen-bond donors (Lipinski definition) is 1. The Balaban J connectivity index is 1.28. The number of nitrogens with one attached hydrogen (secondary N) is 1. The number of ether oxygens (including phenoxy) is 1. The number of anilines is 2. The van der Waals surface area contributed by atoms with Crippen LogP contribution in [0.25, 0.3) is 0 Å². The molecular formula is C23H27N3O3S. The monoisotopic (exact) mass is 425 g/mol. The summed E-state index contributed by atoms with van der Waals surface area (Å²) in [4.78, 5) is 29.5. The van der Waals surface area contributed by atoms with Crippen LogP contribution < -0.4 is 15.0 Å². The van der Waals surface area contributed by atoms with Crippen molar-refractivity contribution in [3.05, 3.63) is 54.1 Å². The van der Waals surface area contributed by atoms with Crippen LogP contribution in [0.4, 0.5) is 11.4 Å². The highest BCUT2D eigenvalue weighted by Gasteiger charge is 2.27. The van der Waals surface area contributed by atoms with Gasteiger partial charge in [-0.05, 0) is 36.6 Å². The molecule has 2 aliphatic rings. The van der Waals surface area contributed by atoms with Crippen molar-refractivity contribution in [2.75, 3.05) is 49.3 Å². The van der Waals surface area contributed by atoms with Crippen molar-refractivity contribution in [3.8, 4) is 5.75 Å². The molecule has 0 unspecified atom stereocenters. The molecule has 0 bridgehead atoms. The van der Waals surface area contributed by atoms with Crippen LogP contribution in [-0.4, -0.2) is 61.0 Å². The average molecular weight is 426 g/mol. The van der Waals surface area contributed by atoms with Crippen molar-refractivity contribution < 1.29 is 14.3 Å². The summed E-state index contributed by atoms with van der Waals surface area (Å²) in [6.07, 6.45) is 1.60. The molecule has 2 heterocycles. The first-order valence-electron chi connectivity index (χ1n) is 10.3. The van der Waals surface area contributed by atoms with Crippen LogP contribution in [0.5, 0.6) is 5.75 Å². The van der Waals surface area contributed by atoms with Gasteiger partial charge in [-0.25, -0.2) is 0 Å². The first-order chi connectivity index (χ1) is 14.7. The van der Waals surface area contributed by atoms with Crippen molar-refractivity contribution in [2.24, 2.45) is 0 Å². The number of hydrogen-bond acceptors (Lipinski definition) is 5. The number of piperazine rings is 1. The van der Waals surface area contributed by atoms with Gasteiger partial charge in [0.25, 0.3) is 0 Å². The Morgan fingerprint density at radius 1 is 1.10 bits per heavy atom. The van der Waals surface area contributed by atoms with E-state index in [1.807, 2.05) is 41.3 Å². The largest absolute Gasteiger partial charge is 0.495 e. The van der Waals surface area contributed by atoms with Crippen molar-refractivity contribution in [1.82, 2.24) is 4.90 Å². The van der Waals surface area contributed by atoms with E-state index in [2.05, 4.69) is 22.3 Å². The van der Waals surface area contributed by atoms with Gasteiger partial charge >= 0.3 is 0 Å². The molecule has 2 aliphatic heterocycles. The molecule has 2 amide bonds. The first-order valence-corrected chi connectivity index (χ1v) is 11.4. The van der Waals surface area contributed by atoms with Crippen LogP contribution in [0.1, 0.15) is 12.0 Å². The van der Waals surface area contributed by atoms with Gasteiger partial charge in [-0.1, -0.05) is 30.3 Å². The topological polar surface area (TPSA) is 61.9 Å². The first kappa shape index (κ1) is 20.6. The highest BCUT2D eigenvalue weighted by molar-refractivity contribution is 8.01. The number of carbonyl (C=O) groups is 2. The second-order valence-corrected chi connectivity index (χ2v) is 8.72. The smallest absolute Gasteiger partial charge is 0.237 e. The molecule has 158 valence electrons. The third-order valence-electron chi connectivity index (χ3n) is 5.71. The van der Waals surface area contributed by atoms with Gasteiger partial charge in [0.15, 0.2) is 0 Å². The Bertz CT molecular complexity index is 912. The summed E-state index contributed by atoms with van der Waals surface area (Å²) in [6.45, 7) is 2.91. The number of carbonyl (C=O) groups excluding carboxylic acids is 2. The predicted molar refractivity (Wildman–Crippen MR) is 121 cm³/mol. The lowest BCUT2D eigenvalue weighted by molar-refractivity contribution is -0.128. The Labute approximate surface area is 181 Å². The van der Waals surface area contributed by atoms with E-state index in [1.54, 1.807) is 7.11 Å². The third kappa shape index (κ3) is 4.56. The Kier molecular flexibility index (Phi) is 6.47. The van der Waals surface area contributed by atoms with Crippen molar-refractivity contribution in [2.45, 2.75) is 18.1 Å². The minimum atomic E-state index is -0.198. The van der Waals surface area contributed by atoms with Crippen LogP contribution in [0, 0.1) is 0 Å². The fourth-order valence-electron chi connectivity index (χ4n) is 4.00. The highest BCUT2D eigenvalue weighted by atomic mass is 32.2. The maximum Gasteiger partial charge on any atom is 0.237 e. The molecule has 0 radical (unpaired) electrons. The standard InChI is InChI=1S/C23H27N3O3S/c1-29-20-9-5-4-8-19(20)25-12-14-26(15-13-25)22(27)16-30-21-11-10-17-6-2-3-7-18(17)24-23(21)28/h2-9,21H,10-16H2,1H3,(H,24,28)/t21-/m1/s1. The van der Waals surface area contributed by atoms with Gasteiger partial charge in [-0.2, -0.15) is 0 Å². The number of thioether (sulfide) groups is 1. The van der Waals surface area contributed by atoms with E-state index < -0.39 is 0 Å². The zero-order valence-corrected chi connectivity index (χ0v) is 18.0. The van der Waals surface area contributed by atoms with Crippen molar-refractivity contribution in [3.63, 3.8) is 0 Å². The fourth-order valence-corrected chi connectivity index (χ4v) is 5.02. The highest BCUT2D eigenvalue weighted by Crippen LogP contribution is 2.29. The molecule has 4 rings (SSSR count). The molecule has 1 N–H and O–H groups in total. The van der Waals surface area contributed by atoms with E-state index in [1.165, 1.54) is 11.8 Å². The average Bonchev–Trinajstić information content (AvgIpc) is 2.95. The maximum absolute atomic E-state index is 12.7. The summed E-state index contributed by atoms with van der Waals surface area (Å²) < 4.78 is 5.46. The number of para-hydroxylation sites is 3. The lowest BCUT2D eigenvalue weighted by Crippen LogP contribution is -2.49. The Morgan fingerprint density at radius 3 is 2.63 bits per heavy atom. The van der Waals surface area contributed by atoms with Crippen LogP contribution in [0.3, 0.4) is 0 Å². The van der Waals surface area contributed by atoms with E-state index in [0.717, 1.165) is 48.6 Å². The van der Waals surface area contributed by atoms with Gasteiger partial charge < -0.3 is 19.9 Å². The minimum absolute atomic E-state index is 0.00116. The minimum Gasteiger partial charge on any atom is -0.495 e. The maximum atomic E-state index is 12.7. The van der Waals surface area contributed by atoms with Crippen LogP contribution in [0.2, 0.25) is 0 Å². The van der Waals surface area contributed by atoms with E-state index >= 15 is 0 Å². The molecule has 0 aliphatic carbocycles. The van der Waals surface area contributed by atoms with Crippen LogP contribution >= 0.6 is 11.8 Å². The number of methoxy groups -OCH3 is 1. The van der Waals surface area contributed by atoms with Crippen molar-refractivity contribution >= 4 is 35.0 Å². The molecule has 7 heteroatoms. The number of rotatable bonds is 5. The number of fused-ring (bicyclic) bond motifs is 1. The van der Waals surface area contributed by atoms with Gasteiger partial charge in [0.1, 0.15) is 5.75 Å². The van der Waals surface area contributed by atoms with Gasteiger partial charge in [-0.15, -0.1) is 11.8 Å². The number of benzene rings is 2. The SMILES string of the molecule is COc1ccccc1N1CCN(C(=O)CS[C@@H]2CCc3ccccc3NC2=O)CC1. The Morgan fingerprint density at radius 2 is 1.83 bits per heavy atom. The normalized spacial score (nSPS) is 19.0. The molecule has 30 heavy (non-hydrogen) atoms. The second kappa shape index (κ2) is 9.43.